The molecule has 0 saturated carbocycles. The number of thiazole rings is 1. The number of hydrogen-bond acceptors (Lipinski definition) is 7. The quantitative estimate of drug-likeness (QED) is 0.878. The van der Waals surface area contributed by atoms with Crippen molar-refractivity contribution < 1.29 is 9.32 Å². The van der Waals surface area contributed by atoms with E-state index in [0.29, 0.717) is 23.4 Å². The fourth-order valence-corrected chi connectivity index (χ4v) is 2.41. The lowest BCUT2D eigenvalue weighted by molar-refractivity contribution is -0.114. The van der Waals surface area contributed by atoms with E-state index in [1.54, 1.807) is 0 Å². The molecule has 8 heteroatoms. The number of carbonyl (C=O) groups excluding carboxylic acids is 1. The molecule has 2 rings (SSSR count). The Kier molecular flexibility index (Phi) is 4.92. The van der Waals surface area contributed by atoms with Crippen molar-refractivity contribution in [2.45, 2.75) is 52.6 Å². The van der Waals surface area contributed by atoms with Crippen LogP contribution >= 0.6 is 11.3 Å². The molecular weight excluding hydrogens is 302 g/mol. The molecule has 0 radical (unpaired) electrons. The van der Waals surface area contributed by atoms with Crippen LogP contribution in [0, 0.1) is 0 Å². The number of rotatable bonds is 5. The molecule has 0 spiro atoms. The molecule has 0 saturated heterocycles. The summed E-state index contributed by atoms with van der Waals surface area (Å²) >= 11 is 1.40. The highest BCUT2D eigenvalue weighted by Crippen LogP contribution is 2.21. The van der Waals surface area contributed by atoms with E-state index in [9.17, 15) is 4.79 Å². The van der Waals surface area contributed by atoms with E-state index >= 15 is 0 Å². The van der Waals surface area contributed by atoms with Crippen molar-refractivity contribution in [2.24, 2.45) is 0 Å². The van der Waals surface area contributed by atoms with E-state index in [0.717, 1.165) is 5.69 Å². The van der Waals surface area contributed by atoms with Crippen LogP contribution in [0.3, 0.4) is 0 Å². The average Bonchev–Trinajstić information content (AvgIpc) is 3.03. The maximum Gasteiger partial charge on any atom is 0.243 e. The van der Waals surface area contributed by atoms with Gasteiger partial charge < -0.3 is 15.2 Å². The Morgan fingerprint density at radius 2 is 2.14 bits per heavy atom. The summed E-state index contributed by atoms with van der Waals surface area (Å²) in [5, 5.41) is 12.5. The minimum absolute atomic E-state index is 0.0745. The van der Waals surface area contributed by atoms with E-state index < -0.39 is 0 Å². The van der Waals surface area contributed by atoms with Crippen molar-refractivity contribution in [3.8, 4) is 0 Å². The largest absolute Gasteiger partial charge is 0.338 e. The second-order valence-electron chi connectivity index (χ2n) is 6.13. The fraction of sp³-hybridized carbons (Fsp3) is 0.571. The standard InChI is InChI=1S/C14H21N5O2S/c1-8(11-18-12(19-21-11)14(3,4)5)15-6-10-7-22-13(17-10)16-9(2)20/h7-8,15H,6H2,1-5H3,(H,16,17,20)/t8-/m1/s1. The summed E-state index contributed by atoms with van der Waals surface area (Å²) in [5.41, 5.74) is 0.722. The van der Waals surface area contributed by atoms with Gasteiger partial charge in [-0.1, -0.05) is 25.9 Å². The van der Waals surface area contributed by atoms with Gasteiger partial charge in [-0.3, -0.25) is 4.79 Å². The predicted molar refractivity (Wildman–Crippen MR) is 84.7 cm³/mol. The topological polar surface area (TPSA) is 92.9 Å². The molecule has 120 valence electrons. The lowest BCUT2D eigenvalue weighted by Crippen LogP contribution is -2.19. The van der Waals surface area contributed by atoms with Crippen molar-refractivity contribution in [2.75, 3.05) is 5.32 Å². The third kappa shape index (κ3) is 4.35. The van der Waals surface area contributed by atoms with E-state index in [1.165, 1.54) is 18.3 Å². The van der Waals surface area contributed by atoms with Crippen LogP contribution in [0.25, 0.3) is 0 Å². The SMILES string of the molecule is CC(=O)Nc1nc(CN[C@H](C)c2nc(C(C)(C)C)no2)cs1. The fourth-order valence-electron chi connectivity index (χ4n) is 1.66. The molecule has 0 aliphatic carbocycles. The highest BCUT2D eigenvalue weighted by molar-refractivity contribution is 7.13. The Labute approximate surface area is 133 Å². The third-order valence-electron chi connectivity index (χ3n) is 2.91. The van der Waals surface area contributed by atoms with Gasteiger partial charge in [-0.25, -0.2) is 4.98 Å². The van der Waals surface area contributed by atoms with Crippen LogP contribution in [-0.4, -0.2) is 21.0 Å². The molecule has 0 aliphatic rings. The Hall–Kier alpha value is -1.80. The summed E-state index contributed by atoms with van der Waals surface area (Å²) in [5.74, 6) is 1.13. The molecule has 2 heterocycles. The first-order valence-corrected chi connectivity index (χ1v) is 7.93. The van der Waals surface area contributed by atoms with Crippen LogP contribution in [-0.2, 0) is 16.8 Å². The zero-order valence-electron chi connectivity index (χ0n) is 13.4. The van der Waals surface area contributed by atoms with Crippen LogP contribution < -0.4 is 10.6 Å². The molecule has 1 amide bonds. The van der Waals surface area contributed by atoms with Crippen LogP contribution in [0.4, 0.5) is 5.13 Å². The summed E-state index contributed by atoms with van der Waals surface area (Å²) < 4.78 is 5.30. The van der Waals surface area contributed by atoms with Crippen molar-refractivity contribution in [1.29, 1.82) is 0 Å². The lowest BCUT2D eigenvalue weighted by Gasteiger charge is -2.11. The van der Waals surface area contributed by atoms with Gasteiger partial charge in [-0.15, -0.1) is 11.3 Å². The van der Waals surface area contributed by atoms with Crippen molar-refractivity contribution in [1.82, 2.24) is 20.4 Å². The Morgan fingerprint density at radius 1 is 1.41 bits per heavy atom. The van der Waals surface area contributed by atoms with Crippen LogP contribution in [0.2, 0.25) is 0 Å². The molecule has 0 fully saturated rings. The first-order chi connectivity index (χ1) is 10.3. The number of aromatic nitrogens is 3. The van der Waals surface area contributed by atoms with E-state index in [4.69, 9.17) is 4.52 Å². The molecule has 2 N–H and O–H groups in total. The molecule has 22 heavy (non-hydrogen) atoms. The van der Waals surface area contributed by atoms with Crippen molar-refractivity contribution in [3.63, 3.8) is 0 Å². The smallest absolute Gasteiger partial charge is 0.243 e. The third-order valence-corrected chi connectivity index (χ3v) is 3.71. The van der Waals surface area contributed by atoms with Gasteiger partial charge in [0.1, 0.15) is 0 Å². The number of nitrogens with one attached hydrogen (secondary N) is 2. The van der Waals surface area contributed by atoms with Crippen molar-refractivity contribution >= 4 is 22.4 Å². The van der Waals surface area contributed by atoms with Gasteiger partial charge in [0.15, 0.2) is 11.0 Å². The molecule has 0 aromatic carbocycles. The second kappa shape index (κ2) is 6.53. The Bertz CT molecular complexity index is 644. The van der Waals surface area contributed by atoms with Gasteiger partial charge >= 0.3 is 0 Å². The number of hydrogen-bond donors (Lipinski definition) is 2. The van der Waals surface area contributed by atoms with Crippen LogP contribution in [0.15, 0.2) is 9.90 Å². The molecule has 0 unspecified atom stereocenters. The molecule has 7 nitrogen and oxygen atoms in total. The first kappa shape index (κ1) is 16.6. The first-order valence-electron chi connectivity index (χ1n) is 7.05. The predicted octanol–water partition coefficient (Wildman–Crippen LogP) is 2.63. The normalized spacial score (nSPS) is 13.1. The highest BCUT2D eigenvalue weighted by atomic mass is 32.1. The van der Waals surface area contributed by atoms with Gasteiger partial charge in [0.25, 0.3) is 0 Å². The van der Waals surface area contributed by atoms with Gasteiger partial charge in [0.05, 0.1) is 11.7 Å². The Morgan fingerprint density at radius 3 is 2.73 bits per heavy atom. The van der Waals surface area contributed by atoms with Gasteiger partial charge in [-0.2, -0.15) is 4.98 Å². The van der Waals surface area contributed by atoms with Crippen molar-refractivity contribution in [3.05, 3.63) is 22.8 Å². The zero-order chi connectivity index (χ0) is 16.3. The average molecular weight is 323 g/mol. The summed E-state index contributed by atoms with van der Waals surface area (Å²) in [7, 11) is 0. The summed E-state index contributed by atoms with van der Waals surface area (Å²) in [6.07, 6.45) is 0. The van der Waals surface area contributed by atoms with Crippen LogP contribution in [0.1, 0.15) is 58.1 Å². The molecule has 1 atom stereocenters. The zero-order valence-corrected chi connectivity index (χ0v) is 14.2. The number of amides is 1. The molecule has 2 aromatic rings. The minimum atomic E-state index is -0.135. The molecule has 0 bridgehead atoms. The van der Waals surface area contributed by atoms with Gasteiger partial charge in [0, 0.05) is 24.3 Å². The summed E-state index contributed by atoms with van der Waals surface area (Å²) in [6.45, 7) is 10.1. The summed E-state index contributed by atoms with van der Waals surface area (Å²) in [4.78, 5) is 19.7. The number of carbonyl (C=O) groups is 1. The monoisotopic (exact) mass is 323 g/mol. The van der Waals surface area contributed by atoms with E-state index in [1.807, 2.05) is 33.1 Å². The van der Waals surface area contributed by atoms with Gasteiger partial charge in [-0.05, 0) is 6.92 Å². The lowest BCUT2D eigenvalue weighted by atomic mass is 9.96. The Balaban J connectivity index is 1.92. The summed E-state index contributed by atoms with van der Waals surface area (Å²) in [6, 6.07) is -0.0745. The molecular formula is C14H21N5O2S. The molecule has 0 aliphatic heterocycles. The maximum atomic E-state index is 11.0. The number of anilines is 1. The van der Waals surface area contributed by atoms with Gasteiger partial charge in [0.2, 0.25) is 11.8 Å². The molecule has 2 aromatic heterocycles. The highest BCUT2D eigenvalue weighted by Gasteiger charge is 2.23. The second-order valence-corrected chi connectivity index (χ2v) is 6.99. The maximum absolute atomic E-state index is 11.0. The number of nitrogens with zero attached hydrogens (tertiary/aromatic N) is 3. The van der Waals surface area contributed by atoms with Crippen LogP contribution in [0.5, 0.6) is 0 Å². The van der Waals surface area contributed by atoms with E-state index in [-0.39, 0.29) is 17.4 Å². The van der Waals surface area contributed by atoms with E-state index in [2.05, 4.69) is 25.8 Å². The minimum Gasteiger partial charge on any atom is -0.338 e.